The highest BCUT2D eigenvalue weighted by Crippen LogP contribution is 2.36. The van der Waals surface area contributed by atoms with Gasteiger partial charge in [0.15, 0.2) is 5.82 Å². The molecule has 9 heteroatoms. The van der Waals surface area contributed by atoms with Crippen LogP contribution in [0.5, 0.6) is 0 Å². The largest absolute Gasteiger partial charge is 0.374 e. The van der Waals surface area contributed by atoms with Crippen molar-refractivity contribution < 1.29 is 9.90 Å². The zero-order valence-corrected chi connectivity index (χ0v) is 18.1. The number of rotatable bonds is 7. The lowest BCUT2D eigenvalue weighted by molar-refractivity contribution is -0.117. The highest BCUT2D eigenvalue weighted by atomic mass is 35.5. The van der Waals surface area contributed by atoms with Crippen molar-refractivity contribution in [2.75, 3.05) is 18.4 Å². The first-order valence-electron chi connectivity index (χ1n) is 10.6. The molecule has 164 valence electrons. The SMILES string of the molecule is N#CCC1(n2cc(C(N)O)c(NC(=O)C3CC3)n2)CCN(Cc2cccc(Cl)c2)CC1. The molecule has 8 nitrogen and oxygen atoms in total. The number of hydrogen-bond acceptors (Lipinski definition) is 6. The lowest BCUT2D eigenvalue weighted by atomic mass is 9.84. The number of halogens is 1. The average molecular weight is 443 g/mol. The first-order chi connectivity index (χ1) is 14.9. The summed E-state index contributed by atoms with van der Waals surface area (Å²) in [5.74, 6) is 0.194. The number of likely N-dealkylation sites (tertiary alicyclic amines) is 1. The summed E-state index contributed by atoms with van der Waals surface area (Å²) in [5, 5.41) is 27.6. The van der Waals surface area contributed by atoms with E-state index >= 15 is 0 Å². The second-order valence-electron chi connectivity index (χ2n) is 8.55. The van der Waals surface area contributed by atoms with E-state index in [0.29, 0.717) is 5.56 Å². The summed E-state index contributed by atoms with van der Waals surface area (Å²) in [4.78, 5) is 14.6. The Morgan fingerprint density at radius 1 is 1.42 bits per heavy atom. The highest BCUT2D eigenvalue weighted by Gasteiger charge is 2.39. The summed E-state index contributed by atoms with van der Waals surface area (Å²) in [6.07, 6.45) is 3.89. The molecule has 1 aliphatic heterocycles. The molecule has 1 aromatic heterocycles. The van der Waals surface area contributed by atoms with E-state index in [-0.39, 0.29) is 24.1 Å². The summed E-state index contributed by atoms with van der Waals surface area (Å²) in [6.45, 7) is 2.37. The fourth-order valence-corrected chi connectivity index (χ4v) is 4.38. The van der Waals surface area contributed by atoms with Gasteiger partial charge in [-0.2, -0.15) is 10.4 Å². The quantitative estimate of drug-likeness (QED) is 0.567. The molecule has 4 N–H and O–H groups in total. The second kappa shape index (κ2) is 8.97. The molecular formula is C22H27ClN6O2. The standard InChI is InChI=1S/C22H27ClN6O2/c23-17-3-1-2-15(12-17)13-28-10-7-22(6-9-24,8-11-28)29-14-18(19(25)30)20(27-29)26-21(31)16-4-5-16/h1-3,12,14,16,19,30H,4-8,10-11,13,25H2,(H,26,27,31). The Bertz CT molecular complexity index is 986. The predicted octanol–water partition coefficient (Wildman–Crippen LogP) is 2.74. The van der Waals surface area contributed by atoms with Crippen molar-refractivity contribution in [3.8, 4) is 6.07 Å². The number of anilines is 1. The Balaban J connectivity index is 1.52. The maximum absolute atomic E-state index is 12.2. The molecule has 0 bridgehead atoms. The van der Waals surface area contributed by atoms with Crippen LogP contribution in [0, 0.1) is 17.2 Å². The van der Waals surface area contributed by atoms with Gasteiger partial charge in [-0.1, -0.05) is 23.7 Å². The smallest absolute Gasteiger partial charge is 0.228 e. The van der Waals surface area contributed by atoms with Crippen LogP contribution >= 0.6 is 11.6 Å². The number of piperidine rings is 1. The number of aliphatic hydroxyl groups is 1. The zero-order valence-electron chi connectivity index (χ0n) is 17.3. The van der Waals surface area contributed by atoms with Crippen LogP contribution in [0.25, 0.3) is 0 Å². The van der Waals surface area contributed by atoms with Crippen LogP contribution in [0.3, 0.4) is 0 Å². The van der Waals surface area contributed by atoms with Gasteiger partial charge in [-0.05, 0) is 43.4 Å². The molecule has 1 saturated carbocycles. The van der Waals surface area contributed by atoms with E-state index in [9.17, 15) is 15.2 Å². The molecule has 1 amide bonds. The predicted molar refractivity (Wildman–Crippen MR) is 117 cm³/mol. The number of aromatic nitrogens is 2. The van der Waals surface area contributed by atoms with Crippen molar-refractivity contribution in [3.63, 3.8) is 0 Å². The van der Waals surface area contributed by atoms with Gasteiger partial charge in [-0.3, -0.25) is 14.4 Å². The third-order valence-corrected chi connectivity index (χ3v) is 6.46. The summed E-state index contributed by atoms with van der Waals surface area (Å²) >= 11 is 6.10. The van der Waals surface area contributed by atoms with Crippen LogP contribution in [0.2, 0.25) is 5.02 Å². The number of nitrogens with two attached hydrogens (primary N) is 1. The van der Waals surface area contributed by atoms with Crippen LogP contribution in [-0.2, 0) is 16.9 Å². The van der Waals surface area contributed by atoms with Gasteiger partial charge in [0.2, 0.25) is 5.91 Å². The Morgan fingerprint density at radius 2 is 2.16 bits per heavy atom. The molecule has 0 spiro atoms. The van der Waals surface area contributed by atoms with Gasteiger partial charge < -0.3 is 16.2 Å². The first kappa shape index (κ1) is 21.8. The fraction of sp³-hybridized carbons (Fsp3) is 0.500. The van der Waals surface area contributed by atoms with E-state index in [1.54, 1.807) is 10.9 Å². The number of benzene rings is 1. The van der Waals surface area contributed by atoms with Crippen molar-refractivity contribution in [3.05, 3.63) is 46.6 Å². The van der Waals surface area contributed by atoms with Crippen LogP contribution in [-0.4, -0.2) is 38.8 Å². The molecule has 1 unspecified atom stereocenters. The normalized spacial score (nSPS) is 19.5. The van der Waals surface area contributed by atoms with Gasteiger partial charge in [0, 0.05) is 36.8 Å². The molecule has 1 aromatic carbocycles. The molecule has 2 fully saturated rings. The van der Waals surface area contributed by atoms with E-state index in [2.05, 4.69) is 27.5 Å². The Kier molecular flexibility index (Phi) is 6.30. The lowest BCUT2D eigenvalue weighted by Gasteiger charge is -2.40. The number of carbonyl (C=O) groups excluding carboxylic acids is 1. The van der Waals surface area contributed by atoms with Crippen LogP contribution < -0.4 is 11.1 Å². The third-order valence-electron chi connectivity index (χ3n) is 6.23. The number of nitrogens with zero attached hydrogens (tertiary/aromatic N) is 4. The number of nitriles is 1. The number of amides is 1. The molecule has 1 saturated heterocycles. The molecule has 0 radical (unpaired) electrons. The molecule has 4 rings (SSSR count). The van der Waals surface area contributed by atoms with Crippen LogP contribution in [0.4, 0.5) is 5.82 Å². The van der Waals surface area contributed by atoms with Crippen molar-refractivity contribution in [2.45, 2.75) is 50.4 Å². The Labute approximate surface area is 186 Å². The molecule has 2 aliphatic rings. The molecule has 2 aromatic rings. The number of carbonyl (C=O) groups is 1. The molecular weight excluding hydrogens is 416 g/mol. The molecule has 1 aliphatic carbocycles. The lowest BCUT2D eigenvalue weighted by Crippen LogP contribution is -2.46. The van der Waals surface area contributed by atoms with E-state index in [4.69, 9.17) is 17.3 Å². The maximum atomic E-state index is 12.2. The number of nitrogens with one attached hydrogen (secondary N) is 1. The van der Waals surface area contributed by atoms with Crippen molar-refractivity contribution in [2.24, 2.45) is 11.7 Å². The zero-order chi connectivity index (χ0) is 22.0. The first-order valence-corrected chi connectivity index (χ1v) is 11.0. The van der Waals surface area contributed by atoms with E-state index in [0.717, 1.165) is 55.9 Å². The second-order valence-corrected chi connectivity index (χ2v) is 8.99. The molecule has 31 heavy (non-hydrogen) atoms. The topological polar surface area (TPSA) is 120 Å². The molecule has 2 heterocycles. The van der Waals surface area contributed by atoms with Gasteiger partial charge in [-0.15, -0.1) is 0 Å². The fourth-order valence-electron chi connectivity index (χ4n) is 4.16. The van der Waals surface area contributed by atoms with Crippen LogP contribution in [0.1, 0.15) is 49.5 Å². The van der Waals surface area contributed by atoms with Crippen molar-refractivity contribution in [1.82, 2.24) is 14.7 Å². The monoisotopic (exact) mass is 442 g/mol. The van der Waals surface area contributed by atoms with Crippen LogP contribution in [0.15, 0.2) is 30.5 Å². The minimum Gasteiger partial charge on any atom is -0.374 e. The number of aliphatic hydroxyl groups excluding tert-OH is 1. The Hall–Kier alpha value is -2.44. The van der Waals surface area contributed by atoms with Gasteiger partial charge in [0.1, 0.15) is 6.23 Å². The maximum Gasteiger partial charge on any atom is 0.228 e. The Morgan fingerprint density at radius 3 is 2.77 bits per heavy atom. The van der Waals surface area contributed by atoms with Gasteiger partial charge in [-0.25, -0.2) is 0 Å². The van der Waals surface area contributed by atoms with E-state index in [1.807, 2.05) is 18.2 Å². The minimum atomic E-state index is -1.26. The summed E-state index contributed by atoms with van der Waals surface area (Å²) in [7, 11) is 0. The van der Waals surface area contributed by atoms with Crippen molar-refractivity contribution >= 4 is 23.3 Å². The average Bonchev–Trinajstić information content (AvgIpc) is 3.50. The van der Waals surface area contributed by atoms with Gasteiger partial charge in [0.05, 0.1) is 23.6 Å². The number of hydrogen-bond donors (Lipinski definition) is 3. The summed E-state index contributed by atoms with van der Waals surface area (Å²) < 4.78 is 1.74. The third kappa shape index (κ3) is 4.91. The van der Waals surface area contributed by atoms with E-state index < -0.39 is 11.8 Å². The summed E-state index contributed by atoms with van der Waals surface area (Å²) in [5.41, 5.74) is 6.74. The van der Waals surface area contributed by atoms with E-state index in [1.165, 1.54) is 0 Å². The highest BCUT2D eigenvalue weighted by molar-refractivity contribution is 6.30. The van der Waals surface area contributed by atoms with Crippen molar-refractivity contribution in [1.29, 1.82) is 5.26 Å². The minimum absolute atomic E-state index is 0.00992. The van der Waals surface area contributed by atoms with Gasteiger partial charge >= 0.3 is 0 Å². The molecule has 1 atom stereocenters. The summed E-state index contributed by atoms with van der Waals surface area (Å²) in [6, 6.07) is 10.1. The van der Waals surface area contributed by atoms with Gasteiger partial charge in [0.25, 0.3) is 0 Å².